The average Bonchev–Trinajstić information content (AvgIpc) is 3.40. The largest absolute Gasteiger partial charge is 0.330 e. The van der Waals surface area contributed by atoms with Gasteiger partial charge in [0, 0.05) is 25.8 Å². The van der Waals surface area contributed by atoms with Crippen molar-refractivity contribution in [3.8, 4) is 0 Å². The summed E-state index contributed by atoms with van der Waals surface area (Å²) >= 11 is 0. The van der Waals surface area contributed by atoms with Gasteiger partial charge < -0.3 is 0 Å². The van der Waals surface area contributed by atoms with Crippen LogP contribution in [0.4, 0.5) is 0 Å². The molecule has 28 heavy (non-hydrogen) atoms. The molecular weight excluding hydrogens is 376 g/mol. The van der Waals surface area contributed by atoms with Crippen LogP contribution in [0, 0.1) is 5.92 Å². The molecule has 0 bridgehead atoms. The molecule has 3 fully saturated rings. The summed E-state index contributed by atoms with van der Waals surface area (Å²) in [5.74, 6) is 0.543. The normalized spacial score (nSPS) is 24.9. The number of aromatic nitrogens is 3. The summed E-state index contributed by atoms with van der Waals surface area (Å²) < 4.78 is 30.5. The molecule has 3 aliphatic rings. The highest BCUT2D eigenvalue weighted by Gasteiger charge is 2.43. The van der Waals surface area contributed by atoms with E-state index >= 15 is 0 Å². The average molecular weight is 405 g/mol. The van der Waals surface area contributed by atoms with Crippen molar-refractivity contribution in [1.29, 1.82) is 0 Å². The molecule has 3 heterocycles. The smallest absolute Gasteiger partial charge is 0.290 e. The van der Waals surface area contributed by atoms with Gasteiger partial charge in [-0.05, 0) is 50.2 Å². The van der Waals surface area contributed by atoms with Gasteiger partial charge in [0.25, 0.3) is 0 Å². The van der Waals surface area contributed by atoms with Crippen LogP contribution < -0.4 is 5.69 Å². The van der Waals surface area contributed by atoms with Crippen LogP contribution in [-0.4, -0.2) is 45.2 Å². The summed E-state index contributed by atoms with van der Waals surface area (Å²) in [6.07, 6.45) is 10.1. The lowest BCUT2D eigenvalue weighted by atomic mass is 9.89. The lowest BCUT2D eigenvalue weighted by molar-refractivity contribution is 0.317. The van der Waals surface area contributed by atoms with Crippen molar-refractivity contribution >= 4 is 21.2 Å². The minimum absolute atomic E-state index is 0.0325. The summed E-state index contributed by atoms with van der Waals surface area (Å²) in [5.41, 5.74) is 1.54. The van der Waals surface area contributed by atoms with Crippen LogP contribution in [0.3, 0.4) is 0 Å². The third-order valence-electron chi connectivity index (χ3n) is 6.68. The van der Waals surface area contributed by atoms with Gasteiger partial charge in [0.1, 0.15) is 0 Å². The van der Waals surface area contributed by atoms with Crippen LogP contribution in [0.5, 0.6) is 0 Å². The monoisotopic (exact) mass is 404 g/mol. The fourth-order valence-corrected chi connectivity index (χ4v) is 6.86. The van der Waals surface area contributed by atoms with Crippen molar-refractivity contribution < 1.29 is 8.42 Å². The highest BCUT2D eigenvalue weighted by Crippen LogP contribution is 2.35. The van der Waals surface area contributed by atoms with Crippen LogP contribution in [0.25, 0.3) is 11.2 Å². The first kappa shape index (κ1) is 18.4. The number of imidazole rings is 1. The number of sulfonamides is 1. The molecule has 1 atom stereocenters. The van der Waals surface area contributed by atoms with Gasteiger partial charge in [-0.25, -0.2) is 18.2 Å². The Morgan fingerprint density at radius 3 is 2.61 bits per heavy atom. The molecule has 7 nitrogen and oxygen atoms in total. The van der Waals surface area contributed by atoms with Crippen LogP contribution in [0.1, 0.15) is 57.4 Å². The molecule has 2 aromatic heterocycles. The Bertz CT molecular complexity index is 1030. The van der Waals surface area contributed by atoms with Gasteiger partial charge in [-0.3, -0.25) is 9.13 Å². The standard InChI is InChI=1S/C20H28N4O3S/c25-20-23(13-15-5-2-1-3-6-15)18-7-4-11-21-19(18)24(20)16-10-12-22(14-16)28(26,27)17-8-9-17/h4,7,11,15-17H,1-3,5-6,8-10,12-14H2/t16-/m1/s1. The van der Waals surface area contributed by atoms with E-state index in [4.69, 9.17) is 0 Å². The fraction of sp³-hybridized carbons (Fsp3) is 0.700. The summed E-state index contributed by atoms with van der Waals surface area (Å²) in [6, 6.07) is 3.71. The van der Waals surface area contributed by atoms with Crippen molar-refractivity contribution in [3.05, 3.63) is 28.8 Å². The molecular formula is C20H28N4O3S. The molecule has 2 aromatic rings. The number of fused-ring (bicyclic) bond motifs is 1. The number of nitrogens with zero attached hydrogens (tertiary/aromatic N) is 4. The molecule has 0 N–H and O–H groups in total. The molecule has 2 aliphatic carbocycles. The summed E-state index contributed by atoms with van der Waals surface area (Å²) in [6.45, 7) is 1.63. The Balaban J connectivity index is 1.48. The van der Waals surface area contributed by atoms with Crippen molar-refractivity contribution in [3.63, 3.8) is 0 Å². The van der Waals surface area contributed by atoms with Crippen LogP contribution in [-0.2, 0) is 16.6 Å². The van der Waals surface area contributed by atoms with Crippen molar-refractivity contribution in [2.24, 2.45) is 5.92 Å². The van der Waals surface area contributed by atoms with Gasteiger partial charge in [0.05, 0.1) is 16.8 Å². The maximum Gasteiger partial charge on any atom is 0.330 e. The molecule has 2 saturated carbocycles. The van der Waals surface area contributed by atoms with E-state index in [9.17, 15) is 13.2 Å². The molecule has 1 aliphatic heterocycles. The zero-order chi connectivity index (χ0) is 19.3. The predicted molar refractivity (Wildman–Crippen MR) is 108 cm³/mol. The van der Waals surface area contributed by atoms with E-state index in [1.54, 1.807) is 15.1 Å². The predicted octanol–water partition coefficient (Wildman–Crippen LogP) is 2.52. The summed E-state index contributed by atoms with van der Waals surface area (Å²) in [7, 11) is -3.20. The van der Waals surface area contributed by atoms with Crippen LogP contribution >= 0.6 is 0 Å². The highest BCUT2D eigenvalue weighted by atomic mass is 32.2. The van der Waals surface area contributed by atoms with Gasteiger partial charge in [-0.2, -0.15) is 4.31 Å². The van der Waals surface area contributed by atoms with E-state index in [0.29, 0.717) is 31.1 Å². The SMILES string of the molecule is O=c1n(CC2CCCCC2)c2cccnc2n1[C@@H]1CCN(S(=O)(=O)C2CC2)C1. The Labute approximate surface area is 165 Å². The Kier molecular flexibility index (Phi) is 4.58. The van der Waals surface area contributed by atoms with Gasteiger partial charge in [-0.1, -0.05) is 19.3 Å². The van der Waals surface area contributed by atoms with E-state index in [0.717, 1.165) is 24.9 Å². The molecule has 1 saturated heterocycles. The number of hydrogen-bond donors (Lipinski definition) is 0. The molecule has 0 unspecified atom stereocenters. The second-order valence-corrected chi connectivity index (χ2v) is 10.9. The summed E-state index contributed by atoms with van der Waals surface area (Å²) in [5, 5.41) is -0.200. The zero-order valence-electron chi connectivity index (χ0n) is 16.2. The third-order valence-corrected chi connectivity index (χ3v) is 9.05. The van der Waals surface area contributed by atoms with E-state index in [2.05, 4.69) is 4.98 Å². The second-order valence-electron chi connectivity index (χ2n) is 8.66. The van der Waals surface area contributed by atoms with Crippen LogP contribution in [0.15, 0.2) is 23.1 Å². The second kappa shape index (κ2) is 6.99. The summed E-state index contributed by atoms with van der Waals surface area (Å²) in [4.78, 5) is 17.9. The highest BCUT2D eigenvalue weighted by molar-refractivity contribution is 7.90. The lowest BCUT2D eigenvalue weighted by Crippen LogP contribution is -2.34. The molecule has 5 rings (SSSR count). The topological polar surface area (TPSA) is 77.2 Å². The third kappa shape index (κ3) is 3.10. The molecule has 152 valence electrons. The Morgan fingerprint density at radius 2 is 1.86 bits per heavy atom. The molecule has 0 spiro atoms. The molecule has 8 heteroatoms. The van der Waals surface area contributed by atoms with Crippen molar-refractivity contribution in [2.45, 2.75) is 69.2 Å². The Morgan fingerprint density at radius 1 is 1.07 bits per heavy atom. The number of hydrogen-bond acceptors (Lipinski definition) is 4. The number of rotatable bonds is 5. The zero-order valence-corrected chi connectivity index (χ0v) is 17.0. The number of pyridine rings is 1. The van der Waals surface area contributed by atoms with E-state index < -0.39 is 10.0 Å². The first-order valence-electron chi connectivity index (χ1n) is 10.6. The van der Waals surface area contributed by atoms with Crippen molar-refractivity contribution in [2.75, 3.05) is 13.1 Å². The van der Waals surface area contributed by atoms with Gasteiger partial charge in [0.2, 0.25) is 10.0 Å². The van der Waals surface area contributed by atoms with Gasteiger partial charge in [0.15, 0.2) is 5.65 Å². The van der Waals surface area contributed by atoms with Gasteiger partial charge >= 0.3 is 5.69 Å². The maximum absolute atomic E-state index is 13.4. The molecule has 0 aromatic carbocycles. The van der Waals surface area contributed by atoms with E-state index in [-0.39, 0.29) is 17.0 Å². The maximum atomic E-state index is 13.4. The van der Waals surface area contributed by atoms with Gasteiger partial charge in [-0.15, -0.1) is 0 Å². The molecule has 0 radical (unpaired) electrons. The lowest BCUT2D eigenvalue weighted by Gasteiger charge is -2.21. The quantitative estimate of drug-likeness (QED) is 0.767. The first-order chi connectivity index (χ1) is 13.6. The minimum Gasteiger partial charge on any atom is -0.290 e. The van der Waals surface area contributed by atoms with Crippen molar-refractivity contribution in [1.82, 2.24) is 18.4 Å². The Hall–Kier alpha value is -1.67. The van der Waals surface area contributed by atoms with E-state index in [1.165, 1.54) is 32.1 Å². The van der Waals surface area contributed by atoms with E-state index in [1.807, 2.05) is 16.7 Å². The first-order valence-corrected chi connectivity index (χ1v) is 12.1. The van der Waals surface area contributed by atoms with Crippen LogP contribution in [0.2, 0.25) is 0 Å². The minimum atomic E-state index is -3.20. The fourth-order valence-electron chi connectivity index (χ4n) is 4.97. The molecule has 0 amide bonds.